The molecule has 1 unspecified atom stereocenters. The summed E-state index contributed by atoms with van der Waals surface area (Å²) in [7, 11) is 1.24. The highest BCUT2D eigenvalue weighted by atomic mass is 16.5. The first-order valence-electron chi connectivity index (χ1n) is 7.15. The van der Waals surface area contributed by atoms with Crippen LogP contribution in [0.15, 0.2) is 0 Å². The number of esters is 1. The van der Waals surface area contributed by atoms with Crippen LogP contribution in [0.2, 0.25) is 0 Å². The maximum absolute atomic E-state index is 12.5. The third-order valence-corrected chi connectivity index (χ3v) is 4.21. The molecule has 0 aromatic heterocycles. The van der Waals surface area contributed by atoms with Gasteiger partial charge in [0, 0.05) is 13.0 Å². The maximum atomic E-state index is 12.5. The third-order valence-electron chi connectivity index (χ3n) is 4.21. The number of methoxy groups -OCH3 is 1. The van der Waals surface area contributed by atoms with Gasteiger partial charge in [-0.25, -0.2) is 4.79 Å². The summed E-state index contributed by atoms with van der Waals surface area (Å²) in [6.45, 7) is 5.19. The van der Waals surface area contributed by atoms with Crippen LogP contribution in [0.25, 0.3) is 0 Å². The zero-order valence-electron chi connectivity index (χ0n) is 12.8. The van der Waals surface area contributed by atoms with Crippen molar-refractivity contribution in [2.75, 3.05) is 20.2 Å². The van der Waals surface area contributed by atoms with E-state index in [1.54, 1.807) is 0 Å². The molecule has 0 bridgehead atoms. The van der Waals surface area contributed by atoms with E-state index < -0.39 is 23.4 Å². The van der Waals surface area contributed by atoms with Crippen molar-refractivity contribution in [3.63, 3.8) is 0 Å². The molecule has 0 radical (unpaired) electrons. The lowest BCUT2D eigenvalue weighted by molar-refractivity contribution is -0.146. The van der Waals surface area contributed by atoms with E-state index in [2.05, 4.69) is 15.4 Å². The van der Waals surface area contributed by atoms with Crippen molar-refractivity contribution in [2.24, 2.45) is 11.3 Å². The fourth-order valence-corrected chi connectivity index (χ4v) is 2.58. The van der Waals surface area contributed by atoms with Gasteiger partial charge in [0.05, 0.1) is 12.5 Å². The Bertz CT molecular complexity index is 402. The van der Waals surface area contributed by atoms with Gasteiger partial charge >= 0.3 is 11.9 Å². The van der Waals surface area contributed by atoms with Crippen molar-refractivity contribution in [2.45, 2.75) is 39.2 Å². The molecule has 1 heterocycles. The molecule has 1 aliphatic heterocycles. The number of aliphatic carboxylic acids is 1. The van der Waals surface area contributed by atoms with Gasteiger partial charge in [-0.15, -0.1) is 0 Å². The molecule has 7 heteroatoms. The second-order valence-corrected chi connectivity index (χ2v) is 5.72. The van der Waals surface area contributed by atoms with Crippen LogP contribution in [0, 0.1) is 11.3 Å². The Kier molecular flexibility index (Phi) is 6.14. The lowest BCUT2D eigenvalue weighted by Gasteiger charge is -2.32. The lowest BCUT2D eigenvalue weighted by atomic mass is 9.75. The number of rotatable bonds is 7. The molecule has 21 heavy (non-hydrogen) atoms. The number of nitrogens with one attached hydrogen (secondary N) is 2. The third kappa shape index (κ3) is 4.17. The zero-order valence-corrected chi connectivity index (χ0v) is 12.8. The van der Waals surface area contributed by atoms with Gasteiger partial charge in [-0.1, -0.05) is 13.8 Å². The van der Waals surface area contributed by atoms with Gasteiger partial charge in [0.1, 0.15) is 6.04 Å². The van der Waals surface area contributed by atoms with E-state index in [0.29, 0.717) is 13.0 Å². The second kappa shape index (κ2) is 7.40. The van der Waals surface area contributed by atoms with E-state index in [4.69, 9.17) is 0 Å². The van der Waals surface area contributed by atoms with Crippen LogP contribution in [0.3, 0.4) is 0 Å². The van der Waals surface area contributed by atoms with Crippen molar-refractivity contribution < 1.29 is 24.2 Å². The molecule has 0 aromatic rings. The Labute approximate surface area is 124 Å². The number of carboxylic acid groups (broad SMARTS) is 1. The predicted octanol–water partition coefficient (Wildman–Crippen LogP) is 0.145. The highest BCUT2D eigenvalue weighted by molar-refractivity contribution is 5.88. The number of hydrogen-bond donors (Lipinski definition) is 3. The van der Waals surface area contributed by atoms with Gasteiger partial charge in [0.15, 0.2) is 0 Å². The van der Waals surface area contributed by atoms with Crippen LogP contribution in [-0.2, 0) is 19.1 Å². The average Bonchev–Trinajstić information content (AvgIpc) is 2.93. The van der Waals surface area contributed by atoms with E-state index in [1.807, 2.05) is 13.8 Å². The van der Waals surface area contributed by atoms with Crippen LogP contribution < -0.4 is 10.6 Å². The average molecular weight is 300 g/mol. The molecule has 0 aliphatic carbocycles. The van der Waals surface area contributed by atoms with E-state index in [9.17, 15) is 19.5 Å². The smallest absolute Gasteiger partial charge is 0.326 e. The number of amides is 1. The Morgan fingerprint density at radius 2 is 2.05 bits per heavy atom. The standard InChI is InChI=1S/C14H24N2O5/c1-9(2)14(6-7-15-8-14)13(20)16-10(12(18)19)4-5-11(17)21-3/h9-10,15H,4-8H2,1-3H3,(H,16,20)(H,18,19)/t10-,14?/m1/s1. The lowest BCUT2D eigenvalue weighted by Crippen LogP contribution is -2.51. The van der Waals surface area contributed by atoms with Crippen molar-refractivity contribution in [3.8, 4) is 0 Å². The quantitative estimate of drug-likeness (QED) is 0.578. The molecule has 7 nitrogen and oxygen atoms in total. The number of ether oxygens (including phenoxy) is 1. The fraction of sp³-hybridized carbons (Fsp3) is 0.786. The highest BCUT2D eigenvalue weighted by Gasteiger charge is 2.44. The maximum Gasteiger partial charge on any atom is 0.326 e. The number of carbonyl (C=O) groups is 3. The molecule has 3 N–H and O–H groups in total. The van der Waals surface area contributed by atoms with Crippen LogP contribution in [0.4, 0.5) is 0 Å². The topological polar surface area (TPSA) is 105 Å². The van der Waals surface area contributed by atoms with Crippen LogP contribution in [-0.4, -0.2) is 49.2 Å². The largest absolute Gasteiger partial charge is 0.480 e. The molecular weight excluding hydrogens is 276 g/mol. The molecule has 2 atom stereocenters. The monoisotopic (exact) mass is 300 g/mol. The predicted molar refractivity (Wildman–Crippen MR) is 75.6 cm³/mol. The first-order chi connectivity index (χ1) is 9.83. The van der Waals surface area contributed by atoms with E-state index >= 15 is 0 Å². The molecule has 1 saturated heterocycles. The van der Waals surface area contributed by atoms with Gasteiger partial charge in [0.2, 0.25) is 5.91 Å². The second-order valence-electron chi connectivity index (χ2n) is 5.72. The molecule has 120 valence electrons. The van der Waals surface area contributed by atoms with Crippen LogP contribution >= 0.6 is 0 Å². The molecule has 1 fully saturated rings. The fourth-order valence-electron chi connectivity index (χ4n) is 2.58. The summed E-state index contributed by atoms with van der Waals surface area (Å²) in [6.07, 6.45) is 0.663. The minimum atomic E-state index is -1.14. The highest BCUT2D eigenvalue weighted by Crippen LogP contribution is 2.34. The SMILES string of the molecule is COC(=O)CC[C@@H](NC(=O)C1(C(C)C)CCNC1)C(=O)O. The summed E-state index contributed by atoms with van der Waals surface area (Å²) >= 11 is 0. The first kappa shape index (κ1) is 17.4. The van der Waals surface area contributed by atoms with Gasteiger partial charge in [0.25, 0.3) is 0 Å². The Balaban J connectivity index is 2.71. The summed E-state index contributed by atoms with van der Waals surface area (Å²) in [5.41, 5.74) is -0.584. The minimum Gasteiger partial charge on any atom is -0.480 e. The minimum absolute atomic E-state index is 0.0232. The Morgan fingerprint density at radius 1 is 1.38 bits per heavy atom. The van der Waals surface area contributed by atoms with Crippen molar-refractivity contribution >= 4 is 17.8 Å². The summed E-state index contributed by atoms with van der Waals surface area (Å²) in [4.78, 5) is 34.9. The Morgan fingerprint density at radius 3 is 2.48 bits per heavy atom. The van der Waals surface area contributed by atoms with Crippen molar-refractivity contribution in [1.29, 1.82) is 0 Å². The van der Waals surface area contributed by atoms with Gasteiger partial charge in [-0.2, -0.15) is 0 Å². The van der Waals surface area contributed by atoms with Gasteiger partial charge < -0.3 is 20.5 Å². The molecule has 0 spiro atoms. The van der Waals surface area contributed by atoms with Gasteiger partial charge in [-0.3, -0.25) is 9.59 Å². The zero-order chi connectivity index (χ0) is 16.0. The number of carboxylic acids is 1. The Hall–Kier alpha value is -1.63. The van der Waals surface area contributed by atoms with Crippen LogP contribution in [0.5, 0.6) is 0 Å². The number of hydrogen-bond acceptors (Lipinski definition) is 5. The molecule has 0 aromatic carbocycles. The van der Waals surface area contributed by atoms with E-state index in [-0.39, 0.29) is 24.7 Å². The summed E-state index contributed by atoms with van der Waals surface area (Å²) in [5.74, 6) is -1.80. The summed E-state index contributed by atoms with van der Waals surface area (Å²) in [6, 6.07) is -1.08. The normalized spacial score (nSPS) is 22.9. The van der Waals surface area contributed by atoms with E-state index in [0.717, 1.165) is 6.54 Å². The van der Waals surface area contributed by atoms with Crippen molar-refractivity contribution in [1.82, 2.24) is 10.6 Å². The summed E-state index contributed by atoms with van der Waals surface area (Å²) in [5, 5.41) is 14.9. The van der Waals surface area contributed by atoms with Crippen molar-refractivity contribution in [3.05, 3.63) is 0 Å². The molecular formula is C14H24N2O5. The molecule has 1 aliphatic rings. The summed E-state index contributed by atoms with van der Waals surface area (Å²) < 4.78 is 4.49. The molecule has 1 rings (SSSR count). The first-order valence-corrected chi connectivity index (χ1v) is 7.15. The molecule has 0 saturated carbocycles. The number of carbonyl (C=O) groups excluding carboxylic acids is 2. The molecule has 1 amide bonds. The van der Waals surface area contributed by atoms with E-state index in [1.165, 1.54) is 7.11 Å². The van der Waals surface area contributed by atoms with Gasteiger partial charge in [-0.05, 0) is 25.3 Å². The van der Waals surface area contributed by atoms with Crippen LogP contribution in [0.1, 0.15) is 33.1 Å².